The van der Waals surface area contributed by atoms with Gasteiger partial charge in [-0.2, -0.15) is 0 Å². The molecule has 0 fully saturated rings. The molecule has 2 atom stereocenters. The number of aromatic nitrogens is 2. The fraction of sp³-hybridized carbons (Fsp3) is 0.300. The molecule has 7 nitrogen and oxygen atoms in total. The van der Waals surface area contributed by atoms with Gasteiger partial charge in [0.2, 0.25) is 0 Å². The third kappa shape index (κ3) is 4.78. The van der Waals surface area contributed by atoms with Crippen molar-refractivity contribution >= 4 is 11.5 Å². The molecule has 0 spiro atoms. The van der Waals surface area contributed by atoms with Gasteiger partial charge in [0.05, 0.1) is 0 Å². The van der Waals surface area contributed by atoms with E-state index in [2.05, 4.69) is 14.9 Å². The Morgan fingerprint density at radius 3 is 2.79 bits per heavy atom. The number of aliphatic hydroxyl groups is 1. The Hall–Kier alpha value is -2.68. The van der Waals surface area contributed by atoms with Crippen LogP contribution in [0.2, 0.25) is 0 Å². The normalized spacial score (nSPS) is 16.5. The third-order valence-electron chi connectivity index (χ3n) is 4.27. The van der Waals surface area contributed by atoms with Crippen molar-refractivity contribution in [3.05, 3.63) is 53.9 Å². The largest absolute Gasteiger partial charge is 0.491 e. The van der Waals surface area contributed by atoms with E-state index in [1.54, 1.807) is 0 Å². The first kappa shape index (κ1) is 18.7. The van der Waals surface area contributed by atoms with Gasteiger partial charge < -0.3 is 24.6 Å². The molecule has 1 aromatic heterocycles. The predicted molar refractivity (Wildman–Crippen MR) is 106 cm³/mol. The molecule has 146 valence electrons. The Morgan fingerprint density at radius 2 is 2.00 bits per heavy atom. The highest BCUT2D eigenvalue weighted by molar-refractivity contribution is 7.03. The highest BCUT2D eigenvalue weighted by Gasteiger charge is 2.20. The summed E-state index contributed by atoms with van der Waals surface area (Å²) in [4.78, 5) is 0. The molecule has 3 aromatic rings. The van der Waals surface area contributed by atoms with Crippen LogP contribution in [-0.2, 0) is 0 Å². The third-order valence-corrected chi connectivity index (χ3v) is 4.78. The van der Waals surface area contributed by atoms with E-state index < -0.39 is 6.10 Å². The van der Waals surface area contributed by atoms with E-state index in [0.29, 0.717) is 25.4 Å². The van der Waals surface area contributed by atoms with E-state index in [1.165, 1.54) is 11.5 Å². The molecule has 0 unspecified atom stereocenters. The van der Waals surface area contributed by atoms with Crippen molar-refractivity contribution in [1.82, 2.24) is 14.9 Å². The van der Waals surface area contributed by atoms with Gasteiger partial charge in [-0.3, -0.25) is 0 Å². The van der Waals surface area contributed by atoms with Crippen LogP contribution >= 0.6 is 11.5 Å². The van der Waals surface area contributed by atoms with Crippen molar-refractivity contribution < 1.29 is 19.3 Å². The number of nitrogens with zero attached hydrogens (tertiary/aromatic N) is 2. The Morgan fingerprint density at radius 1 is 1.18 bits per heavy atom. The van der Waals surface area contributed by atoms with Crippen LogP contribution in [0.3, 0.4) is 0 Å². The molecule has 1 aliphatic heterocycles. The van der Waals surface area contributed by atoms with Crippen LogP contribution in [0.1, 0.15) is 0 Å². The minimum Gasteiger partial charge on any atom is -0.491 e. The van der Waals surface area contributed by atoms with Crippen LogP contribution in [-0.4, -0.2) is 53.2 Å². The molecule has 8 heteroatoms. The summed E-state index contributed by atoms with van der Waals surface area (Å²) < 4.78 is 21.1. The van der Waals surface area contributed by atoms with E-state index in [-0.39, 0.29) is 12.7 Å². The lowest BCUT2D eigenvalue weighted by atomic mass is 10.2. The number of rotatable bonds is 8. The summed E-state index contributed by atoms with van der Waals surface area (Å²) in [6.07, 6.45) is -0.713. The summed E-state index contributed by atoms with van der Waals surface area (Å²) in [7, 11) is 0. The smallest absolute Gasteiger partial charge is 0.161 e. The molecule has 2 aromatic carbocycles. The zero-order valence-corrected chi connectivity index (χ0v) is 16.0. The number of hydrogen-bond donors (Lipinski definition) is 2. The molecule has 0 saturated heterocycles. The maximum absolute atomic E-state index is 10.1. The number of hydrogen-bond acceptors (Lipinski definition) is 8. The Balaban J connectivity index is 1.17. The highest BCUT2D eigenvalue weighted by Crippen LogP contribution is 2.30. The number of fused-ring (bicyclic) bond motifs is 1. The maximum Gasteiger partial charge on any atom is 0.161 e. The van der Waals surface area contributed by atoms with Gasteiger partial charge >= 0.3 is 0 Å². The second-order valence-corrected chi connectivity index (χ2v) is 7.05. The molecule has 28 heavy (non-hydrogen) atoms. The van der Waals surface area contributed by atoms with E-state index >= 15 is 0 Å². The molecule has 0 bridgehead atoms. The molecule has 2 heterocycles. The van der Waals surface area contributed by atoms with Gasteiger partial charge in [0, 0.05) is 24.0 Å². The molecule has 2 N–H and O–H groups in total. The summed E-state index contributed by atoms with van der Waals surface area (Å²) in [6.45, 7) is 1.68. The quantitative estimate of drug-likeness (QED) is 0.601. The molecular weight excluding hydrogens is 378 g/mol. The van der Waals surface area contributed by atoms with E-state index in [9.17, 15) is 5.11 Å². The second-order valence-electron chi connectivity index (χ2n) is 6.44. The van der Waals surface area contributed by atoms with Crippen molar-refractivity contribution in [3.63, 3.8) is 0 Å². The standard InChI is InChI=1S/C20H21N3O4S/c24-15(9-21-10-17-12-26-19-3-1-2-4-20(19)27-17)11-25-16-7-5-14(6-8-16)18-13-28-23-22-18/h1-8,13,15,17,21,24H,9-12H2/t15-,17+/m0/s1. The van der Waals surface area contributed by atoms with Crippen LogP contribution in [0.5, 0.6) is 17.2 Å². The summed E-state index contributed by atoms with van der Waals surface area (Å²) in [6, 6.07) is 15.2. The fourth-order valence-corrected chi connectivity index (χ4v) is 3.30. The minimum atomic E-state index is -0.626. The molecule has 0 saturated carbocycles. The van der Waals surface area contributed by atoms with Crippen molar-refractivity contribution in [2.45, 2.75) is 12.2 Å². The van der Waals surface area contributed by atoms with Gasteiger partial charge in [0.25, 0.3) is 0 Å². The molecule has 4 rings (SSSR count). The summed E-state index contributed by atoms with van der Waals surface area (Å²) in [5.41, 5.74) is 1.83. The van der Waals surface area contributed by atoms with Crippen LogP contribution in [0, 0.1) is 0 Å². The van der Waals surface area contributed by atoms with E-state index in [4.69, 9.17) is 14.2 Å². The number of benzene rings is 2. The molecule has 0 aliphatic carbocycles. The van der Waals surface area contributed by atoms with Gasteiger partial charge in [0.15, 0.2) is 11.5 Å². The fourth-order valence-electron chi connectivity index (χ4n) is 2.84. The SMILES string of the molecule is O[C@@H](CNC[C@@H]1COc2ccccc2O1)COc1ccc(-c2csnn2)cc1. The van der Waals surface area contributed by atoms with E-state index in [0.717, 1.165) is 22.8 Å². The van der Waals surface area contributed by atoms with Crippen molar-refractivity contribution in [2.24, 2.45) is 0 Å². The first-order valence-corrected chi connectivity index (χ1v) is 9.89. The van der Waals surface area contributed by atoms with Crippen LogP contribution in [0.4, 0.5) is 0 Å². The number of para-hydroxylation sites is 2. The average Bonchev–Trinajstić information content (AvgIpc) is 3.27. The van der Waals surface area contributed by atoms with Gasteiger partial charge in [-0.25, -0.2) is 0 Å². The van der Waals surface area contributed by atoms with Crippen LogP contribution in [0.15, 0.2) is 53.9 Å². The summed E-state index contributed by atoms with van der Waals surface area (Å²) >= 11 is 1.32. The lowest BCUT2D eigenvalue weighted by Crippen LogP contribution is -2.41. The second kappa shape index (κ2) is 9.01. The molecule has 0 radical (unpaired) electrons. The highest BCUT2D eigenvalue weighted by atomic mass is 32.1. The maximum atomic E-state index is 10.1. The van der Waals surface area contributed by atoms with E-state index in [1.807, 2.05) is 53.9 Å². The van der Waals surface area contributed by atoms with Gasteiger partial charge in [-0.05, 0) is 47.9 Å². The lowest BCUT2D eigenvalue weighted by Gasteiger charge is -2.27. The van der Waals surface area contributed by atoms with Crippen molar-refractivity contribution in [1.29, 1.82) is 0 Å². The lowest BCUT2D eigenvalue weighted by molar-refractivity contribution is 0.0778. The zero-order valence-electron chi connectivity index (χ0n) is 15.2. The van der Waals surface area contributed by atoms with Gasteiger partial charge in [-0.1, -0.05) is 16.6 Å². The molecule has 0 amide bonds. The van der Waals surface area contributed by atoms with Crippen LogP contribution in [0.25, 0.3) is 11.3 Å². The Kier molecular flexibility index (Phi) is 6.01. The van der Waals surface area contributed by atoms with Gasteiger partial charge in [0.1, 0.15) is 36.9 Å². The topological polar surface area (TPSA) is 85.7 Å². The molecule has 1 aliphatic rings. The Labute approximate surface area is 167 Å². The number of ether oxygens (including phenoxy) is 3. The number of nitrogens with one attached hydrogen (secondary N) is 1. The van der Waals surface area contributed by atoms with Crippen molar-refractivity contribution in [3.8, 4) is 28.5 Å². The minimum absolute atomic E-state index is 0.0873. The first-order valence-electron chi connectivity index (χ1n) is 9.05. The zero-order chi connectivity index (χ0) is 19.2. The first-order chi connectivity index (χ1) is 13.8. The summed E-state index contributed by atoms with van der Waals surface area (Å²) in [5, 5.41) is 19.3. The molecular formula is C20H21N3O4S. The summed E-state index contributed by atoms with van der Waals surface area (Å²) in [5.74, 6) is 2.22. The number of aliphatic hydroxyl groups excluding tert-OH is 1. The van der Waals surface area contributed by atoms with Gasteiger partial charge in [-0.15, -0.1) is 5.10 Å². The van der Waals surface area contributed by atoms with Crippen LogP contribution < -0.4 is 19.5 Å². The monoisotopic (exact) mass is 399 g/mol. The van der Waals surface area contributed by atoms with Crippen molar-refractivity contribution in [2.75, 3.05) is 26.3 Å². The Bertz CT molecular complexity index is 873. The average molecular weight is 399 g/mol. The predicted octanol–water partition coefficient (Wildman–Crippen LogP) is 2.37.